The van der Waals surface area contributed by atoms with Gasteiger partial charge in [-0.25, -0.2) is 4.79 Å². The Hall–Kier alpha value is -3.26. The summed E-state index contributed by atoms with van der Waals surface area (Å²) in [6.45, 7) is 2.80. The van der Waals surface area contributed by atoms with Crippen LogP contribution in [0.4, 0.5) is 0 Å². The van der Waals surface area contributed by atoms with E-state index < -0.39 is 66.3 Å². The number of aliphatic carboxylic acids is 1. The Morgan fingerprint density at radius 3 is 1.61 bits per heavy atom. The van der Waals surface area contributed by atoms with Crippen LogP contribution in [0.15, 0.2) is 0 Å². The van der Waals surface area contributed by atoms with Gasteiger partial charge >= 0.3 is 5.97 Å². The molecule has 0 saturated heterocycles. The third-order valence-electron chi connectivity index (χ3n) is 4.48. The number of carboxylic acids is 1. The lowest BCUT2D eigenvalue weighted by Gasteiger charge is -2.24. The molecule has 188 valence electrons. The van der Waals surface area contributed by atoms with Crippen molar-refractivity contribution in [1.29, 1.82) is 0 Å². The van der Waals surface area contributed by atoms with E-state index in [4.69, 9.17) is 17.2 Å². The first-order chi connectivity index (χ1) is 15.3. The summed E-state index contributed by atoms with van der Waals surface area (Å²) >= 11 is 0. The number of nitrogens with one attached hydrogen (secondary N) is 3. The number of hydrogen-bond acceptors (Lipinski definition) is 8. The molecule has 0 unspecified atom stereocenters. The molecule has 0 aliphatic rings. The molecule has 14 heteroatoms. The van der Waals surface area contributed by atoms with Crippen molar-refractivity contribution >= 4 is 35.5 Å². The Kier molecular flexibility index (Phi) is 13.3. The number of aliphatic hydroxyl groups excluding tert-OH is 1. The SMILES string of the molecule is CC(C)C[C@H](N)C(=O)N[C@@H](CCC(N)=O)C(=O)N[C@@H](CO)C(=O)N[C@@H](CCC(N)=O)C(=O)O. The predicted octanol–water partition coefficient (Wildman–Crippen LogP) is -3.58. The van der Waals surface area contributed by atoms with E-state index in [2.05, 4.69) is 16.0 Å². The molecule has 0 aromatic rings. The van der Waals surface area contributed by atoms with Gasteiger partial charge in [-0.2, -0.15) is 0 Å². The van der Waals surface area contributed by atoms with E-state index in [1.54, 1.807) is 0 Å². The topological polar surface area (TPSA) is 257 Å². The minimum atomic E-state index is -1.58. The molecule has 0 aromatic carbocycles. The zero-order valence-electron chi connectivity index (χ0n) is 18.7. The molecule has 33 heavy (non-hydrogen) atoms. The predicted molar refractivity (Wildman–Crippen MR) is 115 cm³/mol. The number of carbonyl (C=O) groups is 6. The van der Waals surface area contributed by atoms with Crippen LogP contribution in [0.5, 0.6) is 0 Å². The average Bonchev–Trinajstić information content (AvgIpc) is 2.70. The zero-order valence-corrected chi connectivity index (χ0v) is 18.7. The quantitative estimate of drug-likeness (QED) is 0.110. The minimum absolute atomic E-state index is 0.0999. The molecular weight excluding hydrogens is 440 g/mol. The molecule has 4 atom stereocenters. The van der Waals surface area contributed by atoms with Crippen molar-refractivity contribution < 1.29 is 39.0 Å². The van der Waals surface area contributed by atoms with Gasteiger partial charge in [-0.1, -0.05) is 13.8 Å². The van der Waals surface area contributed by atoms with Crippen LogP contribution in [0.25, 0.3) is 0 Å². The standard InChI is InChI=1S/C19H34N6O8/c1-9(2)7-10(20)16(29)23-11(3-5-14(21)27)17(30)25-13(8-26)18(31)24-12(19(32)33)4-6-15(22)28/h9-13,26H,3-8,20H2,1-2H3,(H2,21,27)(H2,22,28)(H,23,29)(H,24,31)(H,25,30)(H,32,33)/t10-,11-,12-,13-/m0/s1. The van der Waals surface area contributed by atoms with Gasteiger partial charge in [0.2, 0.25) is 29.5 Å². The summed E-state index contributed by atoms with van der Waals surface area (Å²) in [6, 6.07) is -5.29. The lowest BCUT2D eigenvalue weighted by molar-refractivity contribution is -0.143. The minimum Gasteiger partial charge on any atom is -0.480 e. The largest absolute Gasteiger partial charge is 0.480 e. The number of nitrogens with two attached hydrogens (primary N) is 3. The molecule has 0 heterocycles. The fourth-order valence-corrected chi connectivity index (χ4v) is 2.73. The number of carboxylic acid groups (broad SMARTS) is 1. The zero-order chi connectivity index (χ0) is 25.7. The highest BCUT2D eigenvalue weighted by molar-refractivity contribution is 5.94. The van der Waals surface area contributed by atoms with Gasteiger partial charge in [-0.05, 0) is 25.2 Å². The molecular formula is C19H34N6O8. The van der Waals surface area contributed by atoms with E-state index >= 15 is 0 Å². The maximum atomic E-state index is 12.7. The lowest BCUT2D eigenvalue weighted by atomic mass is 10.0. The number of hydrogen-bond donors (Lipinski definition) is 8. The monoisotopic (exact) mass is 474 g/mol. The first kappa shape index (κ1) is 29.7. The average molecular weight is 475 g/mol. The molecule has 0 aliphatic carbocycles. The highest BCUT2D eigenvalue weighted by atomic mass is 16.4. The Balaban J connectivity index is 5.30. The molecule has 0 fully saturated rings. The Labute approximate surface area is 191 Å². The molecule has 0 aromatic heterocycles. The van der Waals surface area contributed by atoms with E-state index in [0.29, 0.717) is 6.42 Å². The van der Waals surface area contributed by atoms with Crippen LogP contribution in [0.2, 0.25) is 0 Å². The second-order valence-electron chi connectivity index (χ2n) is 7.95. The Morgan fingerprint density at radius 2 is 1.18 bits per heavy atom. The van der Waals surface area contributed by atoms with Gasteiger partial charge in [0.15, 0.2) is 0 Å². The van der Waals surface area contributed by atoms with E-state index in [0.717, 1.165) is 0 Å². The number of primary amides is 2. The van der Waals surface area contributed by atoms with Gasteiger partial charge in [-0.15, -0.1) is 0 Å². The summed E-state index contributed by atoms with van der Waals surface area (Å²) in [6.07, 6.45) is -0.738. The second kappa shape index (κ2) is 14.7. The summed E-state index contributed by atoms with van der Waals surface area (Å²) in [4.78, 5) is 70.6. The third kappa shape index (κ3) is 12.4. The summed E-state index contributed by atoms with van der Waals surface area (Å²) in [5.41, 5.74) is 15.9. The van der Waals surface area contributed by atoms with Crippen molar-refractivity contribution in [3.05, 3.63) is 0 Å². The highest BCUT2D eigenvalue weighted by Gasteiger charge is 2.30. The van der Waals surface area contributed by atoms with Gasteiger partial charge in [0.05, 0.1) is 12.6 Å². The maximum Gasteiger partial charge on any atom is 0.326 e. The van der Waals surface area contributed by atoms with Gasteiger partial charge in [-0.3, -0.25) is 24.0 Å². The summed E-state index contributed by atoms with van der Waals surface area (Å²) in [7, 11) is 0. The third-order valence-corrected chi connectivity index (χ3v) is 4.48. The van der Waals surface area contributed by atoms with Crippen molar-refractivity contribution in [2.24, 2.45) is 23.1 Å². The smallest absolute Gasteiger partial charge is 0.326 e. The van der Waals surface area contributed by atoms with Crippen molar-refractivity contribution in [2.75, 3.05) is 6.61 Å². The van der Waals surface area contributed by atoms with Crippen LogP contribution in [0, 0.1) is 5.92 Å². The first-order valence-electron chi connectivity index (χ1n) is 10.3. The van der Waals surface area contributed by atoms with Crippen molar-refractivity contribution in [1.82, 2.24) is 16.0 Å². The summed E-state index contributed by atoms with van der Waals surface area (Å²) in [5, 5.41) is 25.4. The first-order valence-corrected chi connectivity index (χ1v) is 10.3. The van der Waals surface area contributed by atoms with Crippen LogP contribution in [0.1, 0.15) is 46.0 Å². The molecule has 0 bridgehead atoms. The van der Waals surface area contributed by atoms with Crippen molar-refractivity contribution in [3.63, 3.8) is 0 Å². The highest BCUT2D eigenvalue weighted by Crippen LogP contribution is 2.05. The Bertz CT molecular complexity index is 729. The number of rotatable bonds is 16. The van der Waals surface area contributed by atoms with E-state index in [1.165, 1.54) is 0 Å². The molecule has 0 radical (unpaired) electrons. The van der Waals surface area contributed by atoms with Crippen LogP contribution in [0.3, 0.4) is 0 Å². The fourth-order valence-electron chi connectivity index (χ4n) is 2.73. The van der Waals surface area contributed by atoms with Crippen LogP contribution in [-0.4, -0.2) is 76.5 Å². The van der Waals surface area contributed by atoms with Crippen LogP contribution in [-0.2, 0) is 28.8 Å². The summed E-state index contributed by atoms with van der Waals surface area (Å²) in [5.74, 6) is -5.47. The fraction of sp³-hybridized carbons (Fsp3) is 0.684. The van der Waals surface area contributed by atoms with E-state index in [9.17, 15) is 39.0 Å². The number of carbonyl (C=O) groups excluding carboxylic acids is 5. The van der Waals surface area contributed by atoms with Gasteiger partial charge in [0.25, 0.3) is 0 Å². The van der Waals surface area contributed by atoms with Crippen molar-refractivity contribution in [3.8, 4) is 0 Å². The molecule has 0 rings (SSSR count). The summed E-state index contributed by atoms with van der Waals surface area (Å²) < 4.78 is 0. The van der Waals surface area contributed by atoms with Gasteiger partial charge in [0, 0.05) is 12.8 Å². The molecule has 0 aliphatic heterocycles. The number of amides is 5. The van der Waals surface area contributed by atoms with Crippen LogP contribution < -0.4 is 33.2 Å². The van der Waals surface area contributed by atoms with Gasteiger partial charge in [0.1, 0.15) is 18.1 Å². The normalized spacial score (nSPS) is 14.5. The maximum absolute atomic E-state index is 12.7. The molecule has 0 saturated carbocycles. The molecule has 0 spiro atoms. The molecule has 5 amide bonds. The van der Waals surface area contributed by atoms with E-state index in [1.807, 2.05) is 13.8 Å². The molecule has 11 N–H and O–H groups in total. The lowest BCUT2D eigenvalue weighted by Crippen LogP contribution is -2.58. The van der Waals surface area contributed by atoms with Gasteiger partial charge < -0.3 is 43.4 Å². The van der Waals surface area contributed by atoms with Crippen molar-refractivity contribution in [2.45, 2.75) is 70.1 Å². The Morgan fingerprint density at radius 1 is 0.758 bits per heavy atom. The number of aliphatic hydroxyl groups is 1. The van der Waals surface area contributed by atoms with E-state index in [-0.39, 0.29) is 31.6 Å². The van der Waals surface area contributed by atoms with Crippen LogP contribution >= 0.6 is 0 Å². The second-order valence-corrected chi connectivity index (χ2v) is 7.95. The molecule has 14 nitrogen and oxygen atoms in total.